The van der Waals surface area contributed by atoms with E-state index in [-0.39, 0.29) is 5.91 Å². The van der Waals surface area contributed by atoms with Crippen LogP contribution in [0, 0.1) is 20.8 Å². The van der Waals surface area contributed by atoms with E-state index >= 15 is 0 Å². The molecular formula is C18H25N5O3S. The molecule has 1 aromatic heterocycles. The zero-order chi connectivity index (χ0) is 19.9. The molecular weight excluding hydrogens is 366 g/mol. The molecule has 9 heteroatoms. The van der Waals surface area contributed by atoms with Crippen molar-refractivity contribution in [3.63, 3.8) is 0 Å². The van der Waals surface area contributed by atoms with E-state index < -0.39 is 22.3 Å². The molecule has 1 aromatic carbocycles. The molecule has 2 atom stereocenters. The summed E-state index contributed by atoms with van der Waals surface area (Å²) in [6.45, 7) is 5.79. The average Bonchev–Trinajstić information content (AvgIpc) is 2.91. The van der Waals surface area contributed by atoms with Gasteiger partial charge in [0, 0.05) is 31.5 Å². The average molecular weight is 391 g/mol. The summed E-state index contributed by atoms with van der Waals surface area (Å²) in [5.41, 5.74) is 4.35. The van der Waals surface area contributed by atoms with Gasteiger partial charge in [0.2, 0.25) is 5.91 Å². The van der Waals surface area contributed by atoms with Crippen LogP contribution in [0.4, 0.5) is 5.69 Å². The standard InChI is InChI=1S/C18H25N5O3S/c1-11-6-7-14(8-12(11)2)19-18(24)17-9-16(21-27(25,26)23(17)5)15-10-22(4)20-13(15)3/h6-8,10,16-17,21H,9H2,1-5H3,(H,19,24). The van der Waals surface area contributed by atoms with Gasteiger partial charge in [-0.1, -0.05) is 6.07 Å². The molecule has 1 saturated heterocycles. The molecule has 0 saturated carbocycles. The summed E-state index contributed by atoms with van der Waals surface area (Å²) in [5, 5.41) is 7.12. The number of nitrogens with zero attached hydrogens (tertiary/aromatic N) is 3. The van der Waals surface area contributed by atoms with Crippen LogP contribution in [-0.2, 0) is 22.1 Å². The van der Waals surface area contributed by atoms with Gasteiger partial charge < -0.3 is 5.32 Å². The van der Waals surface area contributed by atoms with Crippen molar-refractivity contribution in [3.8, 4) is 0 Å². The molecule has 0 bridgehead atoms. The van der Waals surface area contributed by atoms with Crippen molar-refractivity contribution in [2.24, 2.45) is 7.05 Å². The Labute approximate surface area is 159 Å². The minimum absolute atomic E-state index is 0.318. The summed E-state index contributed by atoms with van der Waals surface area (Å²) in [6.07, 6.45) is 2.10. The predicted molar refractivity (Wildman–Crippen MR) is 103 cm³/mol. The highest BCUT2D eigenvalue weighted by Gasteiger charge is 2.41. The number of nitrogens with one attached hydrogen (secondary N) is 2. The molecule has 1 amide bonds. The molecule has 146 valence electrons. The molecule has 1 aliphatic heterocycles. The van der Waals surface area contributed by atoms with Crippen LogP contribution in [0.15, 0.2) is 24.4 Å². The van der Waals surface area contributed by atoms with Gasteiger partial charge in [0.05, 0.1) is 11.7 Å². The molecule has 1 fully saturated rings. The van der Waals surface area contributed by atoms with Gasteiger partial charge in [-0.15, -0.1) is 0 Å². The smallest absolute Gasteiger partial charge is 0.280 e. The predicted octanol–water partition coefficient (Wildman–Crippen LogP) is 1.56. The Bertz CT molecular complexity index is 983. The molecule has 2 unspecified atom stereocenters. The number of carbonyl (C=O) groups excluding carboxylic acids is 1. The molecule has 27 heavy (non-hydrogen) atoms. The first-order valence-electron chi connectivity index (χ1n) is 8.72. The second kappa shape index (κ2) is 7.06. The lowest BCUT2D eigenvalue weighted by Gasteiger charge is -2.36. The minimum atomic E-state index is -3.78. The van der Waals surface area contributed by atoms with Crippen LogP contribution in [-0.4, -0.2) is 41.5 Å². The van der Waals surface area contributed by atoms with Gasteiger partial charge in [-0.3, -0.25) is 9.48 Å². The molecule has 0 spiro atoms. The highest BCUT2D eigenvalue weighted by molar-refractivity contribution is 7.87. The van der Waals surface area contributed by atoms with Crippen LogP contribution in [0.25, 0.3) is 0 Å². The van der Waals surface area contributed by atoms with Gasteiger partial charge >= 0.3 is 0 Å². The largest absolute Gasteiger partial charge is 0.325 e. The lowest BCUT2D eigenvalue weighted by Crippen LogP contribution is -2.56. The lowest BCUT2D eigenvalue weighted by atomic mass is 10.00. The second-order valence-electron chi connectivity index (χ2n) is 7.07. The van der Waals surface area contributed by atoms with Gasteiger partial charge in [-0.25, -0.2) is 0 Å². The normalized spacial score (nSPS) is 22.6. The zero-order valence-electron chi connectivity index (χ0n) is 16.1. The number of anilines is 1. The van der Waals surface area contributed by atoms with E-state index in [4.69, 9.17) is 0 Å². The second-order valence-corrected chi connectivity index (χ2v) is 8.84. The number of rotatable bonds is 3. The Morgan fingerprint density at radius 3 is 2.52 bits per heavy atom. The molecule has 3 rings (SSSR count). The van der Waals surface area contributed by atoms with Crippen molar-refractivity contribution in [2.45, 2.75) is 39.3 Å². The first kappa shape index (κ1) is 19.5. The van der Waals surface area contributed by atoms with E-state index in [1.807, 2.05) is 39.0 Å². The lowest BCUT2D eigenvalue weighted by molar-refractivity contribution is -0.120. The maximum absolute atomic E-state index is 12.9. The van der Waals surface area contributed by atoms with Gasteiger partial charge in [-0.05, 0) is 50.5 Å². The van der Waals surface area contributed by atoms with E-state index in [2.05, 4.69) is 15.1 Å². The molecule has 0 aliphatic carbocycles. The summed E-state index contributed by atoms with van der Waals surface area (Å²) < 4.78 is 30.5. The number of carbonyl (C=O) groups is 1. The molecule has 2 N–H and O–H groups in total. The SMILES string of the molecule is Cc1ccc(NC(=O)C2CC(c3cn(C)nc3C)NS(=O)(=O)N2C)cc1C. The number of hydrogen-bond donors (Lipinski definition) is 2. The summed E-state index contributed by atoms with van der Waals surface area (Å²) in [6, 6.07) is 4.30. The topological polar surface area (TPSA) is 96.3 Å². The van der Waals surface area contributed by atoms with Crippen LogP contribution in [0.5, 0.6) is 0 Å². The Morgan fingerprint density at radius 2 is 1.93 bits per heavy atom. The van der Waals surface area contributed by atoms with E-state index in [1.54, 1.807) is 17.9 Å². The van der Waals surface area contributed by atoms with Crippen LogP contribution >= 0.6 is 0 Å². The van der Waals surface area contributed by atoms with E-state index in [1.165, 1.54) is 7.05 Å². The zero-order valence-corrected chi connectivity index (χ0v) is 17.0. The van der Waals surface area contributed by atoms with Gasteiger partial charge in [0.1, 0.15) is 6.04 Å². The fourth-order valence-corrected chi connectivity index (χ4v) is 4.58. The van der Waals surface area contributed by atoms with Crippen molar-refractivity contribution >= 4 is 21.8 Å². The Kier molecular flexibility index (Phi) is 5.11. The van der Waals surface area contributed by atoms with Crippen molar-refractivity contribution in [1.82, 2.24) is 18.8 Å². The first-order chi connectivity index (χ1) is 12.6. The summed E-state index contributed by atoms with van der Waals surface area (Å²) >= 11 is 0. The van der Waals surface area contributed by atoms with Gasteiger partial charge in [-0.2, -0.15) is 22.5 Å². The maximum atomic E-state index is 12.9. The summed E-state index contributed by atoms with van der Waals surface area (Å²) in [5.74, 6) is -0.350. The van der Waals surface area contributed by atoms with Crippen LogP contribution < -0.4 is 10.0 Å². The van der Waals surface area contributed by atoms with Gasteiger partial charge in [0.25, 0.3) is 10.2 Å². The van der Waals surface area contributed by atoms with Crippen LogP contribution in [0.1, 0.15) is 34.8 Å². The van der Waals surface area contributed by atoms with Crippen LogP contribution in [0.2, 0.25) is 0 Å². The molecule has 2 aromatic rings. The van der Waals surface area contributed by atoms with E-state index in [0.29, 0.717) is 12.1 Å². The third kappa shape index (κ3) is 3.90. The fourth-order valence-electron chi connectivity index (χ4n) is 3.32. The third-order valence-electron chi connectivity index (χ3n) is 5.07. The maximum Gasteiger partial charge on any atom is 0.280 e. The molecule has 0 radical (unpaired) electrons. The Hall–Kier alpha value is -2.23. The van der Waals surface area contributed by atoms with E-state index in [0.717, 1.165) is 26.7 Å². The number of benzene rings is 1. The van der Waals surface area contributed by atoms with Crippen molar-refractivity contribution < 1.29 is 13.2 Å². The number of amides is 1. The summed E-state index contributed by atoms with van der Waals surface area (Å²) in [7, 11) is -0.585. The third-order valence-corrected chi connectivity index (χ3v) is 6.67. The number of hydrogen-bond acceptors (Lipinski definition) is 4. The molecule has 8 nitrogen and oxygen atoms in total. The Balaban J connectivity index is 1.86. The quantitative estimate of drug-likeness (QED) is 0.830. The fraction of sp³-hybridized carbons (Fsp3) is 0.444. The molecule has 1 aliphatic rings. The number of likely N-dealkylation sites (N-methyl/N-ethyl adjacent to an activating group) is 1. The van der Waals surface area contributed by atoms with Crippen LogP contribution in [0.3, 0.4) is 0 Å². The number of aryl methyl sites for hydroxylation is 4. The van der Waals surface area contributed by atoms with E-state index in [9.17, 15) is 13.2 Å². The van der Waals surface area contributed by atoms with Crippen molar-refractivity contribution in [3.05, 3.63) is 46.8 Å². The monoisotopic (exact) mass is 391 g/mol. The summed E-state index contributed by atoms with van der Waals surface area (Å²) in [4.78, 5) is 12.9. The highest BCUT2D eigenvalue weighted by atomic mass is 32.2. The Morgan fingerprint density at radius 1 is 1.22 bits per heavy atom. The number of aromatic nitrogens is 2. The van der Waals surface area contributed by atoms with Crippen molar-refractivity contribution in [2.75, 3.05) is 12.4 Å². The first-order valence-corrected chi connectivity index (χ1v) is 10.2. The minimum Gasteiger partial charge on any atom is -0.325 e. The van der Waals surface area contributed by atoms with Gasteiger partial charge in [0.15, 0.2) is 0 Å². The van der Waals surface area contributed by atoms with Crippen molar-refractivity contribution in [1.29, 1.82) is 0 Å². The highest BCUT2D eigenvalue weighted by Crippen LogP contribution is 2.30. The molecule has 2 heterocycles.